The average molecular weight is 287 g/mol. The van der Waals surface area contributed by atoms with Crippen LogP contribution in [0.15, 0.2) is 18.2 Å². The van der Waals surface area contributed by atoms with E-state index >= 15 is 0 Å². The topological polar surface area (TPSA) is 41.5 Å². The van der Waals surface area contributed by atoms with Crippen LogP contribution in [0.5, 0.6) is 5.75 Å². The Morgan fingerprint density at radius 1 is 1.05 bits per heavy atom. The molecule has 3 heteroatoms. The standard InChI is InChI=1S/C18H25NO2/c20-13-8-9-16-15(11-13)18-14(7-4-10-21-18)17(19-16)12-5-2-1-3-6-12/h8-9,11-12,14,17-20H,1-7,10H2. The Morgan fingerprint density at radius 2 is 1.90 bits per heavy atom. The van der Waals surface area contributed by atoms with Crippen molar-refractivity contribution in [3.05, 3.63) is 23.8 Å². The fraction of sp³-hybridized carbons (Fsp3) is 0.667. The van der Waals surface area contributed by atoms with Gasteiger partial charge in [0.1, 0.15) is 5.75 Å². The van der Waals surface area contributed by atoms with Crippen LogP contribution in [-0.4, -0.2) is 17.8 Å². The third kappa shape index (κ3) is 2.42. The van der Waals surface area contributed by atoms with Crippen LogP contribution in [0.1, 0.15) is 56.6 Å². The summed E-state index contributed by atoms with van der Waals surface area (Å²) in [6.07, 6.45) is 9.45. The number of ether oxygens (including phenoxy) is 1. The van der Waals surface area contributed by atoms with Crippen LogP contribution >= 0.6 is 0 Å². The molecular weight excluding hydrogens is 262 g/mol. The Balaban J connectivity index is 1.68. The number of hydrogen-bond acceptors (Lipinski definition) is 3. The minimum absolute atomic E-state index is 0.175. The van der Waals surface area contributed by atoms with Gasteiger partial charge in [-0.1, -0.05) is 19.3 Å². The third-order valence-electron chi connectivity index (χ3n) is 5.65. The SMILES string of the molecule is Oc1ccc2c(c1)C1OCCCC1C(C1CCCCC1)N2. The van der Waals surface area contributed by atoms with E-state index in [1.165, 1.54) is 50.6 Å². The summed E-state index contributed by atoms with van der Waals surface area (Å²) in [6, 6.07) is 6.25. The van der Waals surface area contributed by atoms with Gasteiger partial charge in [-0.25, -0.2) is 0 Å². The van der Waals surface area contributed by atoms with Gasteiger partial charge in [-0.15, -0.1) is 0 Å². The van der Waals surface area contributed by atoms with E-state index in [0.29, 0.717) is 17.7 Å². The number of phenolic OH excluding ortho intramolecular Hbond substituents is 1. The fourth-order valence-electron chi connectivity index (χ4n) is 4.66. The number of nitrogens with one attached hydrogen (secondary N) is 1. The van der Waals surface area contributed by atoms with Crippen molar-refractivity contribution in [2.24, 2.45) is 11.8 Å². The van der Waals surface area contributed by atoms with Crippen LogP contribution in [0.25, 0.3) is 0 Å². The molecule has 114 valence electrons. The predicted octanol–water partition coefficient (Wildman–Crippen LogP) is 4.23. The van der Waals surface area contributed by atoms with E-state index in [2.05, 4.69) is 5.32 Å². The molecule has 2 aliphatic heterocycles. The van der Waals surface area contributed by atoms with Gasteiger partial charge >= 0.3 is 0 Å². The van der Waals surface area contributed by atoms with Gasteiger partial charge in [0, 0.05) is 29.8 Å². The summed E-state index contributed by atoms with van der Waals surface area (Å²) in [6.45, 7) is 0.855. The summed E-state index contributed by atoms with van der Waals surface area (Å²) in [5.41, 5.74) is 2.33. The molecule has 21 heavy (non-hydrogen) atoms. The zero-order chi connectivity index (χ0) is 14.2. The fourth-order valence-corrected chi connectivity index (χ4v) is 4.66. The lowest BCUT2D eigenvalue weighted by Gasteiger charge is -2.47. The summed E-state index contributed by atoms with van der Waals surface area (Å²) < 4.78 is 6.13. The van der Waals surface area contributed by atoms with E-state index in [9.17, 15) is 5.11 Å². The minimum atomic E-state index is 0.175. The van der Waals surface area contributed by atoms with Gasteiger partial charge in [0.15, 0.2) is 0 Å². The van der Waals surface area contributed by atoms with Gasteiger partial charge in [-0.3, -0.25) is 0 Å². The summed E-state index contributed by atoms with van der Waals surface area (Å²) in [4.78, 5) is 0. The van der Waals surface area contributed by atoms with Crippen LogP contribution in [0.4, 0.5) is 5.69 Å². The molecule has 1 saturated heterocycles. The van der Waals surface area contributed by atoms with E-state index in [-0.39, 0.29) is 6.10 Å². The lowest BCUT2D eigenvalue weighted by atomic mass is 9.71. The van der Waals surface area contributed by atoms with E-state index in [1.807, 2.05) is 12.1 Å². The Morgan fingerprint density at radius 3 is 2.76 bits per heavy atom. The molecule has 0 spiro atoms. The molecule has 0 amide bonds. The number of anilines is 1. The van der Waals surface area contributed by atoms with E-state index in [0.717, 1.165) is 18.1 Å². The van der Waals surface area contributed by atoms with Gasteiger partial charge < -0.3 is 15.2 Å². The van der Waals surface area contributed by atoms with Crippen molar-refractivity contribution < 1.29 is 9.84 Å². The summed E-state index contributed by atoms with van der Waals surface area (Å²) in [5, 5.41) is 13.6. The summed E-state index contributed by atoms with van der Waals surface area (Å²) in [5.74, 6) is 1.70. The van der Waals surface area contributed by atoms with Crippen molar-refractivity contribution in [2.45, 2.75) is 57.1 Å². The highest BCUT2D eigenvalue weighted by atomic mass is 16.5. The maximum absolute atomic E-state index is 9.81. The second kappa shape index (κ2) is 5.53. The molecule has 1 aromatic rings. The molecule has 1 aliphatic carbocycles. The summed E-state index contributed by atoms with van der Waals surface area (Å²) >= 11 is 0. The molecule has 3 nitrogen and oxygen atoms in total. The molecule has 2 heterocycles. The van der Waals surface area contributed by atoms with Crippen molar-refractivity contribution in [1.82, 2.24) is 0 Å². The maximum atomic E-state index is 9.81. The average Bonchev–Trinajstić information content (AvgIpc) is 2.55. The molecule has 3 atom stereocenters. The monoisotopic (exact) mass is 287 g/mol. The van der Waals surface area contributed by atoms with E-state index < -0.39 is 0 Å². The van der Waals surface area contributed by atoms with Crippen LogP contribution < -0.4 is 5.32 Å². The Hall–Kier alpha value is -1.22. The first kappa shape index (κ1) is 13.4. The minimum Gasteiger partial charge on any atom is -0.508 e. The normalized spacial score (nSPS) is 32.9. The van der Waals surface area contributed by atoms with Crippen LogP contribution in [0.3, 0.4) is 0 Å². The Bertz CT molecular complexity index is 510. The van der Waals surface area contributed by atoms with Gasteiger partial charge in [0.05, 0.1) is 6.10 Å². The number of hydrogen-bond donors (Lipinski definition) is 2. The largest absolute Gasteiger partial charge is 0.508 e. The number of phenols is 1. The number of aromatic hydroxyl groups is 1. The van der Waals surface area contributed by atoms with Crippen LogP contribution in [-0.2, 0) is 4.74 Å². The maximum Gasteiger partial charge on any atom is 0.116 e. The first-order valence-electron chi connectivity index (χ1n) is 8.54. The molecule has 1 saturated carbocycles. The second-order valence-corrected chi connectivity index (χ2v) is 6.94. The molecule has 3 aliphatic rings. The molecule has 4 rings (SSSR count). The van der Waals surface area contributed by atoms with Crippen molar-refractivity contribution in [3.8, 4) is 5.75 Å². The highest BCUT2D eigenvalue weighted by Gasteiger charge is 2.42. The van der Waals surface area contributed by atoms with E-state index in [1.54, 1.807) is 6.07 Å². The molecule has 0 aromatic heterocycles. The Labute approximate surface area is 126 Å². The Kier molecular flexibility index (Phi) is 3.54. The zero-order valence-corrected chi connectivity index (χ0v) is 12.6. The lowest BCUT2D eigenvalue weighted by Crippen LogP contribution is -2.46. The van der Waals surface area contributed by atoms with Crippen molar-refractivity contribution in [1.29, 1.82) is 0 Å². The van der Waals surface area contributed by atoms with Gasteiger partial charge in [-0.05, 0) is 49.8 Å². The summed E-state index contributed by atoms with van der Waals surface area (Å²) in [7, 11) is 0. The van der Waals surface area contributed by atoms with Gasteiger partial charge in [-0.2, -0.15) is 0 Å². The smallest absolute Gasteiger partial charge is 0.116 e. The van der Waals surface area contributed by atoms with Gasteiger partial charge in [0.25, 0.3) is 0 Å². The number of benzene rings is 1. The molecule has 2 N–H and O–H groups in total. The van der Waals surface area contributed by atoms with E-state index in [4.69, 9.17) is 4.74 Å². The molecule has 0 radical (unpaired) electrons. The molecule has 0 bridgehead atoms. The molecule has 3 unspecified atom stereocenters. The predicted molar refractivity (Wildman–Crippen MR) is 83.5 cm³/mol. The van der Waals surface area contributed by atoms with Crippen LogP contribution in [0.2, 0.25) is 0 Å². The number of fused-ring (bicyclic) bond motifs is 3. The van der Waals surface area contributed by atoms with Crippen molar-refractivity contribution in [3.63, 3.8) is 0 Å². The third-order valence-corrected chi connectivity index (χ3v) is 5.65. The quantitative estimate of drug-likeness (QED) is 0.759. The van der Waals surface area contributed by atoms with Crippen molar-refractivity contribution in [2.75, 3.05) is 11.9 Å². The highest BCUT2D eigenvalue weighted by molar-refractivity contribution is 5.58. The van der Waals surface area contributed by atoms with Crippen molar-refractivity contribution >= 4 is 5.69 Å². The second-order valence-electron chi connectivity index (χ2n) is 6.94. The molecule has 1 aromatic carbocycles. The zero-order valence-electron chi connectivity index (χ0n) is 12.6. The van der Waals surface area contributed by atoms with Gasteiger partial charge in [0.2, 0.25) is 0 Å². The highest BCUT2D eigenvalue weighted by Crippen LogP contribution is 2.48. The first-order valence-corrected chi connectivity index (χ1v) is 8.54. The number of rotatable bonds is 1. The lowest BCUT2D eigenvalue weighted by molar-refractivity contribution is -0.0458. The molecule has 2 fully saturated rings. The van der Waals surface area contributed by atoms with Crippen LogP contribution in [0, 0.1) is 11.8 Å². The first-order chi connectivity index (χ1) is 10.3. The molecular formula is C18H25NO2.